The molecule has 1 aliphatic rings. The number of carbonyl (C=O) groups excluding carboxylic acids is 1. The minimum absolute atomic E-state index is 0.0303. The Morgan fingerprint density at radius 1 is 1.53 bits per heavy atom. The average molecular weight is 206 g/mol. The maximum absolute atomic E-state index is 11.7. The zero-order chi connectivity index (χ0) is 10.8. The van der Waals surface area contributed by atoms with Gasteiger partial charge in [-0.15, -0.1) is 0 Å². The Labute approximate surface area is 88.3 Å². The van der Waals surface area contributed by atoms with Crippen LogP contribution in [-0.4, -0.2) is 30.2 Å². The summed E-state index contributed by atoms with van der Waals surface area (Å²) < 4.78 is 0. The van der Waals surface area contributed by atoms with Crippen LogP contribution in [0.1, 0.15) is 5.56 Å². The van der Waals surface area contributed by atoms with Crippen molar-refractivity contribution in [2.75, 3.05) is 18.0 Å². The molecular weight excluding hydrogens is 192 g/mol. The van der Waals surface area contributed by atoms with Gasteiger partial charge in [0.25, 0.3) is 5.91 Å². The maximum Gasteiger partial charge on any atom is 0.257 e. The van der Waals surface area contributed by atoms with Gasteiger partial charge in [0.2, 0.25) is 0 Å². The van der Waals surface area contributed by atoms with Crippen molar-refractivity contribution in [1.29, 1.82) is 0 Å². The Hall–Kier alpha value is -1.39. The Morgan fingerprint density at radius 3 is 3.00 bits per heavy atom. The maximum atomic E-state index is 11.7. The molecule has 1 atom stereocenters. The number of hydrogen-bond acceptors (Lipinski definition) is 3. The van der Waals surface area contributed by atoms with E-state index in [1.165, 1.54) is 0 Å². The van der Waals surface area contributed by atoms with Gasteiger partial charge in [-0.05, 0) is 18.1 Å². The molecule has 0 aromatic heterocycles. The van der Waals surface area contributed by atoms with Gasteiger partial charge >= 0.3 is 0 Å². The fourth-order valence-corrected chi connectivity index (χ4v) is 1.85. The number of fused-ring (bicyclic) bond motifs is 1. The third kappa shape index (κ3) is 1.73. The Kier molecular flexibility index (Phi) is 2.70. The second-order valence-corrected chi connectivity index (χ2v) is 3.62. The first-order valence-electron chi connectivity index (χ1n) is 5.01. The minimum Gasteiger partial charge on any atom is -0.382 e. The number of para-hydroxylation sites is 1. The highest BCUT2D eigenvalue weighted by Gasteiger charge is 2.27. The number of rotatable bonds is 2. The highest BCUT2D eigenvalue weighted by molar-refractivity contribution is 5.98. The fraction of sp³-hybridized carbons (Fsp3) is 0.364. The van der Waals surface area contributed by atoms with E-state index < -0.39 is 6.10 Å². The molecule has 0 bridgehead atoms. The molecule has 15 heavy (non-hydrogen) atoms. The molecule has 4 heteroatoms. The van der Waals surface area contributed by atoms with Crippen LogP contribution < -0.4 is 10.6 Å². The summed E-state index contributed by atoms with van der Waals surface area (Å²) in [6.45, 7) is 0.604. The van der Waals surface area contributed by atoms with E-state index in [9.17, 15) is 9.90 Å². The van der Waals surface area contributed by atoms with Crippen molar-refractivity contribution in [3.63, 3.8) is 0 Å². The number of carbonyl (C=O) groups is 1. The minimum atomic E-state index is -1.09. The van der Waals surface area contributed by atoms with Crippen molar-refractivity contribution in [2.45, 2.75) is 12.5 Å². The summed E-state index contributed by atoms with van der Waals surface area (Å²) in [4.78, 5) is 13.3. The van der Waals surface area contributed by atoms with Gasteiger partial charge in [-0.1, -0.05) is 18.2 Å². The summed E-state index contributed by atoms with van der Waals surface area (Å²) in [5.41, 5.74) is 7.31. The summed E-state index contributed by atoms with van der Waals surface area (Å²) in [6, 6.07) is 7.73. The molecule has 80 valence electrons. The monoisotopic (exact) mass is 206 g/mol. The zero-order valence-corrected chi connectivity index (χ0v) is 8.39. The highest BCUT2D eigenvalue weighted by Crippen LogP contribution is 2.27. The number of nitrogens with zero attached hydrogens (tertiary/aromatic N) is 1. The van der Waals surface area contributed by atoms with E-state index in [-0.39, 0.29) is 12.5 Å². The predicted molar refractivity (Wildman–Crippen MR) is 57.6 cm³/mol. The van der Waals surface area contributed by atoms with Crippen LogP contribution in [0.4, 0.5) is 5.69 Å². The summed E-state index contributed by atoms with van der Waals surface area (Å²) >= 11 is 0. The number of amides is 1. The smallest absolute Gasteiger partial charge is 0.257 e. The van der Waals surface area contributed by atoms with Gasteiger partial charge in [-0.3, -0.25) is 4.79 Å². The van der Waals surface area contributed by atoms with E-state index in [0.717, 1.165) is 17.7 Å². The van der Waals surface area contributed by atoms with Gasteiger partial charge in [0.15, 0.2) is 0 Å². The number of anilines is 1. The number of hydrogen-bond donors (Lipinski definition) is 2. The third-order valence-corrected chi connectivity index (χ3v) is 2.66. The first-order valence-corrected chi connectivity index (χ1v) is 5.01. The van der Waals surface area contributed by atoms with Gasteiger partial charge in [0.05, 0.1) is 0 Å². The molecule has 1 aliphatic heterocycles. The molecule has 0 saturated heterocycles. The van der Waals surface area contributed by atoms with Crippen LogP contribution in [0.3, 0.4) is 0 Å². The lowest BCUT2D eigenvalue weighted by Crippen LogP contribution is -2.41. The summed E-state index contributed by atoms with van der Waals surface area (Å²) in [6.07, 6.45) is -0.240. The van der Waals surface area contributed by atoms with Crippen LogP contribution in [0.5, 0.6) is 0 Å². The van der Waals surface area contributed by atoms with Crippen LogP contribution >= 0.6 is 0 Å². The van der Waals surface area contributed by atoms with Gasteiger partial charge in [-0.2, -0.15) is 0 Å². The molecule has 1 unspecified atom stereocenters. The lowest BCUT2D eigenvalue weighted by atomic mass is 10.2. The lowest BCUT2D eigenvalue weighted by Gasteiger charge is -2.19. The van der Waals surface area contributed by atoms with Crippen molar-refractivity contribution >= 4 is 11.6 Å². The predicted octanol–water partition coefficient (Wildman–Crippen LogP) is -0.105. The molecular formula is C11H14N2O2. The fourth-order valence-electron chi connectivity index (χ4n) is 1.85. The SMILES string of the molecule is NCC(O)C(=O)N1CCc2ccccc21. The van der Waals surface area contributed by atoms with Crippen LogP contribution in [0, 0.1) is 0 Å². The normalized spacial score (nSPS) is 16.3. The highest BCUT2D eigenvalue weighted by atomic mass is 16.3. The van der Waals surface area contributed by atoms with Crippen molar-refractivity contribution in [3.8, 4) is 0 Å². The van der Waals surface area contributed by atoms with Crippen LogP contribution in [0.15, 0.2) is 24.3 Å². The van der Waals surface area contributed by atoms with Gasteiger partial charge in [-0.25, -0.2) is 0 Å². The number of nitrogens with two attached hydrogens (primary N) is 1. The quantitative estimate of drug-likeness (QED) is 0.710. The summed E-state index contributed by atoms with van der Waals surface area (Å²) in [5.74, 6) is -0.303. The van der Waals surface area contributed by atoms with Gasteiger partial charge < -0.3 is 15.7 Å². The van der Waals surface area contributed by atoms with Crippen molar-refractivity contribution in [2.24, 2.45) is 5.73 Å². The molecule has 4 nitrogen and oxygen atoms in total. The standard InChI is InChI=1S/C11H14N2O2/c12-7-10(14)11(15)13-6-5-8-3-1-2-4-9(8)13/h1-4,10,14H,5-7,12H2. The van der Waals surface area contributed by atoms with Gasteiger partial charge in [0, 0.05) is 18.8 Å². The largest absolute Gasteiger partial charge is 0.382 e. The van der Waals surface area contributed by atoms with Gasteiger partial charge in [0.1, 0.15) is 6.10 Å². The average Bonchev–Trinajstić information content (AvgIpc) is 2.70. The Bertz CT molecular complexity index is 379. The lowest BCUT2D eigenvalue weighted by molar-refractivity contribution is -0.126. The molecule has 0 fully saturated rings. The summed E-state index contributed by atoms with van der Waals surface area (Å²) in [7, 11) is 0. The van der Waals surface area contributed by atoms with Crippen LogP contribution in [-0.2, 0) is 11.2 Å². The first-order chi connectivity index (χ1) is 7.24. The molecule has 0 spiro atoms. The third-order valence-electron chi connectivity index (χ3n) is 2.66. The zero-order valence-electron chi connectivity index (χ0n) is 8.39. The van der Waals surface area contributed by atoms with E-state index >= 15 is 0 Å². The number of aliphatic hydroxyl groups is 1. The van der Waals surface area contributed by atoms with E-state index in [2.05, 4.69) is 0 Å². The Balaban J connectivity index is 2.24. The molecule has 1 aromatic carbocycles. The number of benzene rings is 1. The molecule has 0 aliphatic carbocycles. The molecule has 1 aromatic rings. The Morgan fingerprint density at radius 2 is 2.27 bits per heavy atom. The van der Waals surface area contributed by atoms with E-state index in [1.54, 1.807) is 4.90 Å². The second kappa shape index (κ2) is 4.00. The summed E-state index contributed by atoms with van der Waals surface area (Å²) in [5, 5.41) is 9.40. The molecule has 1 amide bonds. The van der Waals surface area contributed by atoms with Crippen LogP contribution in [0.25, 0.3) is 0 Å². The second-order valence-electron chi connectivity index (χ2n) is 3.62. The number of aliphatic hydroxyl groups excluding tert-OH is 1. The van der Waals surface area contributed by atoms with Crippen molar-refractivity contribution < 1.29 is 9.90 Å². The van der Waals surface area contributed by atoms with Crippen molar-refractivity contribution in [1.82, 2.24) is 0 Å². The van der Waals surface area contributed by atoms with Crippen LogP contribution in [0.2, 0.25) is 0 Å². The van der Waals surface area contributed by atoms with Crippen molar-refractivity contribution in [3.05, 3.63) is 29.8 Å². The van der Waals surface area contributed by atoms with E-state index in [0.29, 0.717) is 6.54 Å². The topological polar surface area (TPSA) is 66.6 Å². The first kappa shape index (κ1) is 10.1. The molecule has 0 radical (unpaired) electrons. The molecule has 0 saturated carbocycles. The van der Waals surface area contributed by atoms with E-state index in [4.69, 9.17) is 5.73 Å². The molecule has 1 heterocycles. The molecule has 3 N–H and O–H groups in total. The van der Waals surface area contributed by atoms with E-state index in [1.807, 2.05) is 24.3 Å². The molecule has 2 rings (SSSR count).